The summed E-state index contributed by atoms with van der Waals surface area (Å²) in [6, 6.07) is 3.40. The number of halogens is 2. The number of oxazole rings is 1. The standard InChI is InChI=1S/C16H17F2N3O2/c1-9-14(19-8-23-9)16(22)20-13-5-6-21(2)15(13)10-3-4-11(17)12(18)7-10/h3-4,7-8,13,15H,5-6H2,1-2H3,(H,20,22)/t13-,15-/m0/s1. The third-order valence-electron chi connectivity index (χ3n) is 4.21. The van der Waals surface area contributed by atoms with Gasteiger partial charge < -0.3 is 9.73 Å². The summed E-state index contributed by atoms with van der Waals surface area (Å²) in [5.74, 6) is -1.66. The monoisotopic (exact) mass is 321 g/mol. The van der Waals surface area contributed by atoms with Crippen LogP contribution in [0.25, 0.3) is 0 Å². The highest BCUT2D eigenvalue weighted by Gasteiger charge is 2.35. The SMILES string of the molecule is Cc1ocnc1C(=O)N[C@H]1CCN(C)[C@H]1c1ccc(F)c(F)c1. The lowest BCUT2D eigenvalue weighted by Gasteiger charge is -2.26. The van der Waals surface area contributed by atoms with Gasteiger partial charge in [-0.05, 0) is 38.1 Å². The average molecular weight is 321 g/mol. The van der Waals surface area contributed by atoms with Crippen molar-refractivity contribution in [1.82, 2.24) is 15.2 Å². The zero-order chi connectivity index (χ0) is 16.6. The van der Waals surface area contributed by atoms with E-state index in [1.165, 1.54) is 12.5 Å². The van der Waals surface area contributed by atoms with E-state index in [0.717, 1.165) is 12.6 Å². The van der Waals surface area contributed by atoms with E-state index < -0.39 is 11.6 Å². The van der Waals surface area contributed by atoms with Crippen LogP contribution >= 0.6 is 0 Å². The number of likely N-dealkylation sites (N-methyl/N-ethyl adjacent to an activating group) is 1. The molecule has 122 valence electrons. The summed E-state index contributed by atoms with van der Waals surface area (Å²) in [7, 11) is 1.89. The molecule has 0 saturated carbocycles. The molecule has 1 saturated heterocycles. The van der Waals surface area contributed by atoms with Gasteiger partial charge in [-0.2, -0.15) is 0 Å². The van der Waals surface area contributed by atoms with Crippen LogP contribution in [0.4, 0.5) is 8.78 Å². The number of amides is 1. The molecule has 0 radical (unpaired) electrons. The number of aryl methyl sites for hydroxylation is 1. The van der Waals surface area contributed by atoms with Crippen molar-refractivity contribution in [3.05, 3.63) is 53.2 Å². The van der Waals surface area contributed by atoms with Gasteiger partial charge in [0.15, 0.2) is 23.7 Å². The fourth-order valence-electron chi connectivity index (χ4n) is 3.04. The van der Waals surface area contributed by atoms with Gasteiger partial charge >= 0.3 is 0 Å². The maximum absolute atomic E-state index is 13.5. The van der Waals surface area contributed by atoms with Gasteiger partial charge in [-0.15, -0.1) is 0 Å². The van der Waals surface area contributed by atoms with Crippen molar-refractivity contribution in [3.8, 4) is 0 Å². The third kappa shape index (κ3) is 2.96. The first kappa shape index (κ1) is 15.6. The Bertz CT molecular complexity index is 732. The normalized spacial score (nSPS) is 21.6. The minimum atomic E-state index is -0.889. The molecule has 1 amide bonds. The largest absolute Gasteiger partial charge is 0.448 e. The first-order valence-electron chi connectivity index (χ1n) is 7.33. The molecule has 1 N–H and O–H groups in total. The maximum Gasteiger partial charge on any atom is 0.273 e. The van der Waals surface area contributed by atoms with Crippen molar-refractivity contribution in [2.45, 2.75) is 25.4 Å². The molecule has 7 heteroatoms. The number of aromatic nitrogens is 1. The summed E-state index contributed by atoms with van der Waals surface area (Å²) < 4.78 is 31.7. The molecule has 1 aromatic heterocycles. The van der Waals surface area contributed by atoms with Gasteiger partial charge in [0.25, 0.3) is 5.91 Å². The second kappa shape index (κ2) is 6.08. The molecule has 23 heavy (non-hydrogen) atoms. The summed E-state index contributed by atoms with van der Waals surface area (Å²) in [5.41, 5.74) is 0.870. The lowest BCUT2D eigenvalue weighted by atomic mass is 9.99. The Labute approximate surface area is 132 Å². The zero-order valence-corrected chi connectivity index (χ0v) is 12.8. The third-order valence-corrected chi connectivity index (χ3v) is 4.21. The first-order chi connectivity index (χ1) is 11.0. The average Bonchev–Trinajstić information content (AvgIpc) is 3.08. The zero-order valence-electron chi connectivity index (χ0n) is 12.8. The number of hydrogen-bond donors (Lipinski definition) is 1. The Morgan fingerprint density at radius 1 is 1.39 bits per heavy atom. The van der Waals surface area contributed by atoms with Gasteiger partial charge in [-0.3, -0.25) is 9.69 Å². The van der Waals surface area contributed by atoms with E-state index in [2.05, 4.69) is 10.3 Å². The van der Waals surface area contributed by atoms with Gasteiger partial charge in [0, 0.05) is 6.54 Å². The first-order valence-corrected chi connectivity index (χ1v) is 7.33. The highest BCUT2D eigenvalue weighted by atomic mass is 19.2. The summed E-state index contributed by atoms with van der Waals surface area (Å²) in [6.45, 7) is 2.40. The van der Waals surface area contributed by atoms with Gasteiger partial charge in [-0.1, -0.05) is 6.07 Å². The van der Waals surface area contributed by atoms with Crippen LogP contribution in [0, 0.1) is 18.6 Å². The van der Waals surface area contributed by atoms with E-state index in [-0.39, 0.29) is 23.7 Å². The molecule has 0 bridgehead atoms. The van der Waals surface area contributed by atoms with E-state index in [1.807, 2.05) is 11.9 Å². The Balaban J connectivity index is 1.82. The number of rotatable bonds is 3. The fraction of sp³-hybridized carbons (Fsp3) is 0.375. The van der Waals surface area contributed by atoms with Crippen LogP contribution < -0.4 is 5.32 Å². The second-order valence-electron chi connectivity index (χ2n) is 5.72. The summed E-state index contributed by atoms with van der Waals surface area (Å²) in [6.07, 6.45) is 1.93. The fourth-order valence-corrected chi connectivity index (χ4v) is 3.04. The van der Waals surface area contributed by atoms with E-state index in [0.29, 0.717) is 17.7 Å². The van der Waals surface area contributed by atoms with Crippen LogP contribution in [0.15, 0.2) is 29.0 Å². The lowest BCUT2D eigenvalue weighted by molar-refractivity contribution is 0.0921. The molecule has 3 rings (SSSR count). The smallest absolute Gasteiger partial charge is 0.273 e. The molecule has 0 spiro atoms. The molecule has 1 aromatic carbocycles. The van der Waals surface area contributed by atoms with E-state index >= 15 is 0 Å². The molecule has 0 unspecified atom stereocenters. The second-order valence-corrected chi connectivity index (χ2v) is 5.72. The van der Waals surface area contributed by atoms with Crippen LogP contribution in [0.5, 0.6) is 0 Å². The summed E-state index contributed by atoms with van der Waals surface area (Å²) >= 11 is 0. The van der Waals surface area contributed by atoms with Crippen LogP contribution in [0.2, 0.25) is 0 Å². The molecule has 5 nitrogen and oxygen atoms in total. The van der Waals surface area contributed by atoms with E-state index in [4.69, 9.17) is 4.42 Å². The number of benzene rings is 1. The van der Waals surface area contributed by atoms with Crippen molar-refractivity contribution in [2.75, 3.05) is 13.6 Å². The quantitative estimate of drug-likeness (QED) is 0.943. The summed E-state index contributed by atoms with van der Waals surface area (Å²) in [5, 5.41) is 2.92. The molecule has 2 heterocycles. The van der Waals surface area contributed by atoms with Crippen molar-refractivity contribution in [2.24, 2.45) is 0 Å². The van der Waals surface area contributed by atoms with E-state index in [1.54, 1.807) is 13.0 Å². The van der Waals surface area contributed by atoms with Crippen LogP contribution in [-0.4, -0.2) is 35.4 Å². The van der Waals surface area contributed by atoms with Gasteiger partial charge in [0.1, 0.15) is 5.76 Å². The molecule has 2 aromatic rings. The van der Waals surface area contributed by atoms with Crippen LogP contribution in [-0.2, 0) is 0 Å². The Hall–Kier alpha value is -2.28. The minimum Gasteiger partial charge on any atom is -0.448 e. The topological polar surface area (TPSA) is 58.4 Å². The van der Waals surface area contributed by atoms with Gasteiger partial charge in [0.05, 0.1) is 12.1 Å². The maximum atomic E-state index is 13.5. The number of carbonyl (C=O) groups excluding carboxylic acids is 1. The summed E-state index contributed by atoms with van der Waals surface area (Å²) in [4.78, 5) is 18.2. The van der Waals surface area contributed by atoms with E-state index in [9.17, 15) is 13.6 Å². The lowest BCUT2D eigenvalue weighted by Crippen LogP contribution is -2.39. The molecule has 1 fully saturated rings. The number of nitrogens with zero attached hydrogens (tertiary/aromatic N) is 2. The highest BCUT2D eigenvalue weighted by Crippen LogP contribution is 2.32. The predicted octanol–water partition coefficient (Wildman–Crippen LogP) is 2.44. The highest BCUT2D eigenvalue weighted by molar-refractivity contribution is 5.93. The van der Waals surface area contributed by atoms with Crippen molar-refractivity contribution >= 4 is 5.91 Å². The number of hydrogen-bond acceptors (Lipinski definition) is 4. The van der Waals surface area contributed by atoms with Crippen LogP contribution in [0.3, 0.4) is 0 Å². The van der Waals surface area contributed by atoms with Gasteiger partial charge in [-0.25, -0.2) is 13.8 Å². The molecular weight excluding hydrogens is 304 g/mol. The molecule has 1 aliphatic heterocycles. The Morgan fingerprint density at radius 2 is 2.17 bits per heavy atom. The molecular formula is C16H17F2N3O2. The number of likely N-dealkylation sites (tertiary alicyclic amines) is 1. The predicted molar refractivity (Wildman–Crippen MR) is 78.8 cm³/mol. The van der Waals surface area contributed by atoms with Crippen molar-refractivity contribution < 1.29 is 18.0 Å². The minimum absolute atomic E-state index is 0.214. The Morgan fingerprint density at radius 3 is 2.83 bits per heavy atom. The van der Waals surface area contributed by atoms with Crippen molar-refractivity contribution in [3.63, 3.8) is 0 Å². The molecule has 1 aliphatic rings. The van der Waals surface area contributed by atoms with Gasteiger partial charge in [0.2, 0.25) is 0 Å². The van der Waals surface area contributed by atoms with Crippen LogP contribution in [0.1, 0.15) is 34.3 Å². The number of carbonyl (C=O) groups is 1. The number of nitrogens with one attached hydrogen (secondary N) is 1. The molecule has 0 aliphatic carbocycles. The molecule has 2 atom stereocenters. The van der Waals surface area contributed by atoms with Crippen molar-refractivity contribution in [1.29, 1.82) is 0 Å². The Kier molecular flexibility index (Phi) is 4.12.